The third-order valence-electron chi connectivity index (χ3n) is 5.55. The molecule has 0 bridgehead atoms. The number of carbonyl (C=O) groups excluding carboxylic acids is 1. The molecule has 0 spiro atoms. The Morgan fingerprint density at radius 2 is 1.74 bits per heavy atom. The van der Waals surface area contributed by atoms with Crippen LogP contribution in [0, 0.1) is 11.3 Å². The first-order valence-corrected chi connectivity index (χ1v) is 10.8. The fraction of sp³-hybridized carbons (Fsp3) is 0.304. The molecule has 0 N–H and O–H groups in total. The molecule has 160 valence electrons. The predicted molar refractivity (Wildman–Crippen MR) is 119 cm³/mol. The minimum Gasteiger partial charge on any atom is -0.497 e. The summed E-state index contributed by atoms with van der Waals surface area (Å²) in [6, 6.07) is 15.6. The molecule has 2 aliphatic rings. The largest absolute Gasteiger partial charge is 0.497 e. The fourth-order valence-corrected chi connectivity index (χ4v) is 5.06. The minimum atomic E-state index is -0.343. The van der Waals surface area contributed by atoms with Crippen LogP contribution >= 0.6 is 11.8 Å². The predicted octanol–water partition coefficient (Wildman–Crippen LogP) is 3.93. The summed E-state index contributed by atoms with van der Waals surface area (Å²) in [5.41, 5.74) is 2.42. The van der Waals surface area contributed by atoms with Gasteiger partial charge in [0.1, 0.15) is 17.2 Å². The molecule has 1 saturated heterocycles. The normalized spacial score (nSPS) is 18.4. The topological polar surface area (TPSA) is 75.0 Å². The Hall–Kier alpha value is -3.31. The maximum atomic E-state index is 13.1. The summed E-state index contributed by atoms with van der Waals surface area (Å²) < 4.78 is 16.0. The second-order valence-electron chi connectivity index (χ2n) is 7.17. The molecule has 31 heavy (non-hydrogen) atoms. The molecule has 7 nitrogen and oxygen atoms in total. The second kappa shape index (κ2) is 8.82. The average Bonchev–Trinajstić information content (AvgIpc) is 2.83. The van der Waals surface area contributed by atoms with Crippen LogP contribution in [-0.2, 0) is 4.79 Å². The maximum absolute atomic E-state index is 13.1. The average molecular weight is 438 g/mol. The zero-order chi connectivity index (χ0) is 22.0. The van der Waals surface area contributed by atoms with E-state index in [1.807, 2.05) is 36.4 Å². The van der Waals surface area contributed by atoms with Gasteiger partial charge in [-0.2, -0.15) is 5.26 Å². The van der Waals surface area contributed by atoms with Crippen molar-refractivity contribution in [2.45, 2.75) is 12.3 Å². The number of nitrogens with zero attached hydrogens (tertiary/aromatic N) is 3. The van der Waals surface area contributed by atoms with Crippen LogP contribution in [0.2, 0.25) is 0 Å². The maximum Gasteiger partial charge on any atom is 0.229 e. The van der Waals surface area contributed by atoms with E-state index < -0.39 is 0 Å². The van der Waals surface area contributed by atoms with E-state index in [2.05, 4.69) is 11.0 Å². The number of allylic oxidation sites excluding steroid dienone is 1. The van der Waals surface area contributed by atoms with E-state index in [1.165, 1.54) is 11.8 Å². The summed E-state index contributed by atoms with van der Waals surface area (Å²) >= 11 is 1.51. The molecule has 0 radical (unpaired) electrons. The van der Waals surface area contributed by atoms with E-state index in [4.69, 9.17) is 14.2 Å². The Balaban J connectivity index is 1.66. The molecule has 8 heteroatoms. The monoisotopic (exact) mass is 437 g/mol. The molecular formula is C23H23N3O4S. The summed E-state index contributed by atoms with van der Waals surface area (Å²) in [5.74, 6) is 2.35. The number of nitriles is 1. The van der Waals surface area contributed by atoms with Gasteiger partial charge in [-0.15, -0.1) is 0 Å². The molecule has 1 atom stereocenters. The minimum absolute atomic E-state index is 0.0115. The van der Waals surface area contributed by atoms with Crippen LogP contribution in [0.4, 0.5) is 5.69 Å². The Morgan fingerprint density at radius 3 is 2.39 bits per heavy atom. The Kier molecular flexibility index (Phi) is 5.96. The van der Waals surface area contributed by atoms with Crippen LogP contribution in [0.5, 0.6) is 17.2 Å². The number of methoxy groups -OCH3 is 3. The van der Waals surface area contributed by atoms with Gasteiger partial charge >= 0.3 is 0 Å². The van der Waals surface area contributed by atoms with E-state index >= 15 is 0 Å². The van der Waals surface area contributed by atoms with Gasteiger partial charge in [-0.3, -0.25) is 9.69 Å². The smallest absolute Gasteiger partial charge is 0.229 e. The van der Waals surface area contributed by atoms with Crippen molar-refractivity contribution in [3.8, 4) is 23.3 Å². The highest BCUT2D eigenvalue weighted by molar-refractivity contribution is 8.03. The highest BCUT2D eigenvalue weighted by Gasteiger charge is 2.39. The number of carbonyl (C=O) groups is 1. The zero-order valence-electron chi connectivity index (χ0n) is 17.6. The lowest BCUT2D eigenvalue weighted by atomic mass is 9.86. The van der Waals surface area contributed by atoms with E-state index in [9.17, 15) is 10.1 Å². The standard InChI is InChI=1S/C23H23N3O4S/c1-28-16-6-4-15(5-7-16)25-13-26-22(27)11-19(20(12-24)23(26)31-14-25)18-9-8-17(29-2)10-21(18)30-3/h4-10,19H,11,13-14H2,1-3H3/t19-/m1/s1. The zero-order valence-corrected chi connectivity index (χ0v) is 18.4. The van der Waals surface area contributed by atoms with Crippen LogP contribution in [0.3, 0.4) is 0 Å². The quantitative estimate of drug-likeness (QED) is 0.701. The number of fused-ring (bicyclic) bond motifs is 1. The van der Waals surface area contributed by atoms with E-state index in [0.717, 1.165) is 22.0 Å². The summed E-state index contributed by atoms with van der Waals surface area (Å²) in [4.78, 5) is 16.9. The number of amides is 1. The molecule has 2 aromatic rings. The van der Waals surface area contributed by atoms with Crippen molar-refractivity contribution in [3.63, 3.8) is 0 Å². The molecule has 2 aliphatic heterocycles. The van der Waals surface area contributed by atoms with Crippen LogP contribution in [-0.4, -0.2) is 44.7 Å². The number of hydrogen-bond acceptors (Lipinski definition) is 7. The highest BCUT2D eigenvalue weighted by Crippen LogP contribution is 2.45. The van der Waals surface area contributed by atoms with Crippen LogP contribution in [0.1, 0.15) is 17.9 Å². The SMILES string of the molecule is COc1ccc(N2CSC3=C(C#N)[C@@H](c4ccc(OC)cc4OC)CC(=O)N3C2)cc1. The van der Waals surface area contributed by atoms with Crippen molar-refractivity contribution in [1.82, 2.24) is 4.90 Å². The first kappa shape index (κ1) is 20.9. The van der Waals surface area contributed by atoms with Gasteiger partial charge in [0.2, 0.25) is 5.91 Å². The van der Waals surface area contributed by atoms with E-state index in [-0.39, 0.29) is 18.2 Å². The van der Waals surface area contributed by atoms with Gasteiger partial charge in [-0.1, -0.05) is 17.8 Å². The highest BCUT2D eigenvalue weighted by atomic mass is 32.2. The molecule has 0 saturated carbocycles. The molecule has 0 aliphatic carbocycles. The van der Waals surface area contributed by atoms with Gasteiger partial charge in [-0.25, -0.2) is 0 Å². The third kappa shape index (κ3) is 3.89. The number of thioether (sulfide) groups is 1. The molecule has 0 unspecified atom stereocenters. The van der Waals surface area contributed by atoms with Crippen molar-refractivity contribution in [1.29, 1.82) is 5.26 Å². The van der Waals surface area contributed by atoms with Crippen molar-refractivity contribution < 1.29 is 19.0 Å². The number of ether oxygens (including phenoxy) is 3. The molecular weight excluding hydrogens is 414 g/mol. The van der Waals surface area contributed by atoms with Gasteiger partial charge in [-0.05, 0) is 30.3 Å². The third-order valence-corrected chi connectivity index (χ3v) is 6.70. The second-order valence-corrected chi connectivity index (χ2v) is 8.10. The Labute approximate surface area is 185 Å². The van der Waals surface area contributed by atoms with E-state index in [0.29, 0.717) is 29.6 Å². The van der Waals surface area contributed by atoms with Crippen LogP contribution < -0.4 is 19.1 Å². The Bertz CT molecular complexity index is 1060. The van der Waals surface area contributed by atoms with Gasteiger partial charge in [0.05, 0.1) is 50.5 Å². The number of rotatable bonds is 5. The summed E-state index contributed by atoms with van der Waals surface area (Å²) in [7, 11) is 4.80. The summed E-state index contributed by atoms with van der Waals surface area (Å²) in [6.45, 7) is 0.408. The first-order valence-electron chi connectivity index (χ1n) is 9.78. The molecule has 0 aromatic heterocycles. The molecule has 4 rings (SSSR count). The fourth-order valence-electron chi connectivity index (χ4n) is 3.89. The number of hydrogen-bond donors (Lipinski definition) is 0. The van der Waals surface area contributed by atoms with Gasteiger partial charge < -0.3 is 19.1 Å². The van der Waals surface area contributed by atoms with Crippen molar-refractivity contribution in [2.24, 2.45) is 0 Å². The lowest BCUT2D eigenvalue weighted by molar-refractivity contribution is -0.129. The number of anilines is 1. The van der Waals surface area contributed by atoms with Crippen molar-refractivity contribution in [2.75, 3.05) is 38.8 Å². The van der Waals surface area contributed by atoms with E-state index in [1.54, 1.807) is 32.3 Å². The Morgan fingerprint density at radius 1 is 1.03 bits per heavy atom. The van der Waals surface area contributed by atoms with Gasteiger partial charge in [0, 0.05) is 29.7 Å². The van der Waals surface area contributed by atoms with Crippen molar-refractivity contribution in [3.05, 3.63) is 58.6 Å². The lowest BCUT2D eigenvalue weighted by Gasteiger charge is -2.42. The summed E-state index contributed by atoms with van der Waals surface area (Å²) in [6.07, 6.45) is 0.214. The molecule has 1 amide bonds. The molecule has 2 aromatic carbocycles. The van der Waals surface area contributed by atoms with Gasteiger partial charge in [0.15, 0.2) is 0 Å². The van der Waals surface area contributed by atoms with Gasteiger partial charge in [0.25, 0.3) is 0 Å². The summed E-state index contributed by atoms with van der Waals surface area (Å²) in [5, 5.41) is 10.7. The molecule has 2 heterocycles. The van der Waals surface area contributed by atoms with Crippen molar-refractivity contribution >= 4 is 23.4 Å². The van der Waals surface area contributed by atoms with Crippen LogP contribution in [0.15, 0.2) is 53.1 Å². The number of benzene rings is 2. The van der Waals surface area contributed by atoms with Crippen LogP contribution in [0.25, 0.3) is 0 Å². The molecule has 1 fully saturated rings. The first-order chi connectivity index (χ1) is 15.1. The lowest BCUT2D eigenvalue weighted by Crippen LogP contribution is -2.47.